The first-order chi connectivity index (χ1) is 9.79. The van der Waals surface area contributed by atoms with Crippen LogP contribution in [-0.2, 0) is 11.8 Å². The van der Waals surface area contributed by atoms with Crippen molar-refractivity contribution in [2.45, 2.75) is 24.7 Å². The van der Waals surface area contributed by atoms with Gasteiger partial charge in [-0.2, -0.15) is 0 Å². The first kappa shape index (κ1) is 11.8. The van der Waals surface area contributed by atoms with Crippen LogP contribution in [0.4, 0.5) is 0 Å². The molecule has 1 spiro atoms. The first-order valence-electron chi connectivity index (χ1n) is 7.18. The standard InChI is InChI=1S/C17H17NO2/c19-16(13-6-8-20-11-13)18-10-14-9-17(14)7-5-12-3-1-2-4-15(12)17/h1-4,6,8,11,14H,5,7,9-10H2,(H,18,19)/t14-,17-/m0/s1. The van der Waals surface area contributed by atoms with Crippen LogP contribution in [0.3, 0.4) is 0 Å². The maximum absolute atomic E-state index is 11.9. The minimum absolute atomic E-state index is 0.0351. The van der Waals surface area contributed by atoms with Gasteiger partial charge in [0.25, 0.3) is 5.91 Å². The number of hydrogen-bond donors (Lipinski definition) is 1. The number of carbonyl (C=O) groups is 1. The van der Waals surface area contributed by atoms with Gasteiger partial charge in [-0.1, -0.05) is 24.3 Å². The van der Waals surface area contributed by atoms with Crippen molar-refractivity contribution in [3.8, 4) is 0 Å². The predicted octanol–water partition coefficient (Wildman–Crippen LogP) is 2.91. The lowest BCUT2D eigenvalue weighted by atomic mass is 9.95. The van der Waals surface area contributed by atoms with E-state index in [1.54, 1.807) is 6.07 Å². The lowest BCUT2D eigenvalue weighted by Crippen LogP contribution is -2.27. The molecule has 20 heavy (non-hydrogen) atoms. The van der Waals surface area contributed by atoms with Crippen molar-refractivity contribution in [1.29, 1.82) is 0 Å². The molecule has 3 nitrogen and oxygen atoms in total. The van der Waals surface area contributed by atoms with Gasteiger partial charge in [0.1, 0.15) is 6.26 Å². The number of rotatable bonds is 3. The van der Waals surface area contributed by atoms with Gasteiger partial charge in [0.05, 0.1) is 11.8 Å². The monoisotopic (exact) mass is 267 g/mol. The number of benzene rings is 1. The van der Waals surface area contributed by atoms with E-state index in [1.807, 2.05) is 0 Å². The number of fused-ring (bicyclic) bond motifs is 2. The van der Waals surface area contributed by atoms with Crippen LogP contribution in [0.2, 0.25) is 0 Å². The molecule has 0 unspecified atom stereocenters. The highest BCUT2D eigenvalue weighted by atomic mass is 16.3. The van der Waals surface area contributed by atoms with Crippen molar-refractivity contribution in [1.82, 2.24) is 5.32 Å². The Morgan fingerprint density at radius 3 is 3.10 bits per heavy atom. The quantitative estimate of drug-likeness (QED) is 0.929. The third-order valence-corrected chi connectivity index (χ3v) is 4.92. The van der Waals surface area contributed by atoms with Crippen LogP contribution in [0.25, 0.3) is 0 Å². The Kier molecular flexibility index (Phi) is 2.49. The molecular weight excluding hydrogens is 250 g/mol. The van der Waals surface area contributed by atoms with Crippen LogP contribution in [0.15, 0.2) is 47.3 Å². The number of aryl methyl sites for hydroxylation is 1. The third-order valence-electron chi connectivity index (χ3n) is 4.92. The van der Waals surface area contributed by atoms with Gasteiger partial charge in [-0.3, -0.25) is 4.79 Å². The van der Waals surface area contributed by atoms with Gasteiger partial charge in [-0.05, 0) is 42.4 Å². The van der Waals surface area contributed by atoms with Gasteiger partial charge >= 0.3 is 0 Å². The zero-order valence-corrected chi connectivity index (χ0v) is 11.3. The van der Waals surface area contributed by atoms with Crippen molar-refractivity contribution in [2.75, 3.05) is 6.54 Å². The van der Waals surface area contributed by atoms with Crippen molar-refractivity contribution < 1.29 is 9.21 Å². The first-order valence-corrected chi connectivity index (χ1v) is 7.18. The van der Waals surface area contributed by atoms with E-state index < -0.39 is 0 Å². The van der Waals surface area contributed by atoms with Crippen molar-refractivity contribution in [2.24, 2.45) is 5.92 Å². The van der Waals surface area contributed by atoms with E-state index in [9.17, 15) is 4.79 Å². The van der Waals surface area contributed by atoms with Crippen molar-refractivity contribution in [3.05, 3.63) is 59.5 Å². The molecule has 2 aliphatic rings. The van der Waals surface area contributed by atoms with Crippen molar-refractivity contribution in [3.63, 3.8) is 0 Å². The predicted molar refractivity (Wildman–Crippen MR) is 75.6 cm³/mol. The normalized spacial score (nSPS) is 26.5. The lowest BCUT2D eigenvalue weighted by Gasteiger charge is -2.11. The maximum Gasteiger partial charge on any atom is 0.254 e. The molecule has 1 aromatic carbocycles. The Bertz CT molecular complexity index is 647. The molecule has 0 bridgehead atoms. The van der Waals surface area contributed by atoms with E-state index in [2.05, 4.69) is 29.6 Å². The second kappa shape index (κ2) is 4.23. The molecule has 1 amide bonds. The van der Waals surface area contributed by atoms with Gasteiger partial charge < -0.3 is 9.73 Å². The molecule has 2 aliphatic carbocycles. The Balaban J connectivity index is 1.43. The molecule has 1 heterocycles. The molecule has 0 saturated heterocycles. The van der Waals surface area contributed by atoms with Crippen LogP contribution in [0, 0.1) is 5.92 Å². The van der Waals surface area contributed by atoms with Crippen LogP contribution in [0.1, 0.15) is 34.3 Å². The van der Waals surface area contributed by atoms with E-state index in [1.165, 1.54) is 42.9 Å². The minimum atomic E-state index is -0.0351. The number of amides is 1. The van der Waals surface area contributed by atoms with Gasteiger partial charge in [0.15, 0.2) is 0 Å². The largest absolute Gasteiger partial charge is 0.472 e. The molecule has 102 valence electrons. The van der Waals surface area contributed by atoms with E-state index in [4.69, 9.17) is 4.42 Å². The molecule has 1 aromatic heterocycles. The number of furan rings is 1. The molecule has 3 heteroatoms. The van der Waals surface area contributed by atoms with Gasteiger partial charge in [-0.25, -0.2) is 0 Å². The Morgan fingerprint density at radius 1 is 1.35 bits per heavy atom. The fourth-order valence-electron chi connectivity index (χ4n) is 3.71. The second-order valence-electron chi connectivity index (χ2n) is 5.94. The smallest absolute Gasteiger partial charge is 0.254 e. The van der Waals surface area contributed by atoms with Crippen LogP contribution < -0.4 is 5.32 Å². The van der Waals surface area contributed by atoms with Gasteiger partial charge in [-0.15, -0.1) is 0 Å². The highest BCUT2D eigenvalue weighted by Gasteiger charge is 2.57. The van der Waals surface area contributed by atoms with Crippen LogP contribution in [0.5, 0.6) is 0 Å². The van der Waals surface area contributed by atoms with Crippen LogP contribution >= 0.6 is 0 Å². The molecule has 1 fully saturated rings. The fourth-order valence-corrected chi connectivity index (χ4v) is 3.71. The van der Waals surface area contributed by atoms with E-state index >= 15 is 0 Å². The summed E-state index contributed by atoms with van der Waals surface area (Å²) < 4.78 is 4.94. The van der Waals surface area contributed by atoms with Crippen molar-refractivity contribution >= 4 is 5.91 Å². The highest BCUT2D eigenvalue weighted by molar-refractivity contribution is 5.93. The number of carbonyl (C=O) groups excluding carboxylic acids is 1. The molecule has 2 atom stereocenters. The molecule has 0 radical (unpaired) electrons. The number of nitrogens with one attached hydrogen (secondary N) is 1. The average molecular weight is 267 g/mol. The molecule has 4 rings (SSSR count). The summed E-state index contributed by atoms with van der Waals surface area (Å²) in [6.45, 7) is 0.762. The highest BCUT2D eigenvalue weighted by Crippen LogP contribution is 2.61. The number of hydrogen-bond acceptors (Lipinski definition) is 2. The zero-order chi connectivity index (χ0) is 13.6. The summed E-state index contributed by atoms with van der Waals surface area (Å²) in [6, 6.07) is 10.5. The lowest BCUT2D eigenvalue weighted by molar-refractivity contribution is 0.0950. The van der Waals surface area contributed by atoms with E-state index in [0.717, 1.165) is 6.54 Å². The summed E-state index contributed by atoms with van der Waals surface area (Å²) >= 11 is 0. The van der Waals surface area contributed by atoms with Gasteiger partial charge in [0.2, 0.25) is 0 Å². The molecule has 1 saturated carbocycles. The fraction of sp³-hybridized carbons (Fsp3) is 0.353. The summed E-state index contributed by atoms with van der Waals surface area (Å²) in [5, 5.41) is 3.03. The Morgan fingerprint density at radius 2 is 2.25 bits per heavy atom. The second-order valence-corrected chi connectivity index (χ2v) is 5.94. The van der Waals surface area contributed by atoms with Crippen LogP contribution in [-0.4, -0.2) is 12.5 Å². The molecular formula is C17H17NO2. The summed E-state index contributed by atoms with van der Waals surface area (Å²) in [5.41, 5.74) is 3.96. The van der Waals surface area contributed by atoms with E-state index in [-0.39, 0.29) is 5.91 Å². The summed E-state index contributed by atoms with van der Waals surface area (Å²) in [7, 11) is 0. The Labute approximate surface area is 118 Å². The molecule has 0 aliphatic heterocycles. The summed E-state index contributed by atoms with van der Waals surface area (Å²) in [5.74, 6) is 0.550. The minimum Gasteiger partial charge on any atom is -0.472 e. The zero-order valence-electron chi connectivity index (χ0n) is 11.3. The summed E-state index contributed by atoms with van der Waals surface area (Å²) in [4.78, 5) is 11.9. The van der Waals surface area contributed by atoms with E-state index in [0.29, 0.717) is 16.9 Å². The molecule has 1 N–H and O–H groups in total. The topological polar surface area (TPSA) is 42.2 Å². The molecule has 2 aromatic rings. The SMILES string of the molecule is O=C(NC[C@@H]1C[C@@]12CCc1ccccc12)c1ccoc1. The Hall–Kier alpha value is -2.03. The maximum atomic E-state index is 11.9. The van der Waals surface area contributed by atoms with Gasteiger partial charge in [0, 0.05) is 12.0 Å². The average Bonchev–Trinajstić information content (AvgIpc) is 2.83. The third kappa shape index (κ3) is 1.69. The summed E-state index contributed by atoms with van der Waals surface area (Å²) in [6.07, 6.45) is 6.64.